The number of nitrogens with zero attached hydrogens (tertiary/aromatic N) is 1. The number of rotatable bonds is 6. The largest absolute Gasteiger partial charge is 0.385 e. The van der Waals surface area contributed by atoms with E-state index in [-0.39, 0.29) is 24.4 Å². The predicted molar refractivity (Wildman–Crippen MR) is 64.5 cm³/mol. The van der Waals surface area contributed by atoms with Crippen molar-refractivity contribution in [2.24, 2.45) is 5.92 Å². The maximum absolute atomic E-state index is 12.1. The summed E-state index contributed by atoms with van der Waals surface area (Å²) in [5.74, 6) is 0.366. The first-order valence-electron chi connectivity index (χ1n) is 6.11. The van der Waals surface area contributed by atoms with Gasteiger partial charge in [-0.25, -0.2) is 0 Å². The maximum atomic E-state index is 12.1. The van der Waals surface area contributed by atoms with Crippen molar-refractivity contribution in [2.75, 3.05) is 26.8 Å². The molecule has 0 aliphatic carbocycles. The van der Waals surface area contributed by atoms with Gasteiger partial charge in [0, 0.05) is 20.3 Å². The summed E-state index contributed by atoms with van der Waals surface area (Å²) in [4.78, 5) is 25.2. The third-order valence-corrected chi connectivity index (χ3v) is 2.76. The Morgan fingerprint density at radius 2 is 2.18 bits per heavy atom. The summed E-state index contributed by atoms with van der Waals surface area (Å²) in [6.07, 6.45) is 1.47. The van der Waals surface area contributed by atoms with Crippen LogP contribution in [0.3, 0.4) is 0 Å². The number of carbonyl (C=O) groups is 2. The van der Waals surface area contributed by atoms with E-state index in [1.54, 1.807) is 12.0 Å². The molecule has 5 heteroatoms. The van der Waals surface area contributed by atoms with Crippen LogP contribution in [-0.2, 0) is 14.3 Å². The van der Waals surface area contributed by atoms with Gasteiger partial charge in [0.15, 0.2) is 0 Å². The van der Waals surface area contributed by atoms with Crippen molar-refractivity contribution in [1.82, 2.24) is 10.2 Å². The first-order chi connectivity index (χ1) is 8.04. The Morgan fingerprint density at radius 3 is 2.76 bits per heavy atom. The van der Waals surface area contributed by atoms with Crippen LogP contribution in [0.1, 0.15) is 26.7 Å². The molecule has 5 nitrogen and oxygen atoms in total. The van der Waals surface area contributed by atoms with Crippen LogP contribution in [0.25, 0.3) is 0 Å². The summed E-state index contributed by atoms with van der Waals surface area (Å²) in [7, 11) is 1.63. The topological polar surface area (TPSA) is 58.6 Å². The Bertz CT molecular complexity index is 279. The van der Waals surface area contributed by atoms with Crippen LogP contribution in [0.2, 0.25) is 0 Å². The molecule has 1 atom stereocenters. The second-order valence-electron chi connectivity index (χ2n) is 4.86. The Kier molecular flexibility index (Phi) is 5.41. The number of carbonyl (C=O) groups excluding carboxylic acids is 2. The number of nitrogens with one attached hydrogen (secondary N) is 1. The van der Waals surface area contributed by atoms with Crippen LogP contribution in [0.5, 0.6) is 0 Å². The SMILES string of the molecule is COCCCN1CC(=O)NC(CC(C)C)C1=O. The van der Waals surface area contributed by atoms with Crippen molar-refractivity contribution < 1.29 is 14.3 Å². The summed E-state index contributed by atoms with van der Waals surface area (Å²) >= 11 is 0. The molecule has 2 amide bonds. The van der Waals surface area contributed by atoms with E-state index in [0.717, 1.165) is 6.42 Å². The molecule has 0 radical (unpaired) electrons. The Labute approximate surface area is 102 Å². The molecule has 0 spiro atoms. The van der Waals surface area contributed by atoms with Gasteiger partial charge in [-0.1, -0.05) is 13.8 Å². The summed E-state index contributed by atoms with van der Waals surface area (Å²) in [6, 6.07) is -0.348. The second kappa shape index (κ2) is 6.59. The van der Waals surface area contributed by atoms with Crippen molar-refractivity contribution in [1.29, 1.82) is 0 Å². The van der Waals surface area contributed by atoms with Crippen LogP contribution in [0, 0.1) is 5.92 Å². The Balaban J connectivity index is 2.52. The number of hydrogen-bond donors (Lipinski definition) is 1. The fraction of sp³-hybridized carbons (Fsp3) is 0.833. The van der Waals surface area contributed by atoms with Gasteiger partial charge >= 0.3 is 0 Å². The van der Waals surface area contributed by atoms with Gasteiger partial charge in [-0.15, -0.1) is 0 Å². The molecular formula is C12H22N2O3. The van der Waals surface area contributed by atoms with E-state index in [1.165, 1.54) is 0 Å². The van der Waals surface area contributed by atoms with Gasteiger partial charge in [-0.2, -0.15) is 0 Å². The lowest BCUT2D eigenvalue weighted by Crippen LogP contribution is -2.58. The molecule has 0 aromatic heterocycles. The van der Waals surface area contributed by atoms with Gasteiger partial charge < -0.3 is 15.0 Å². The highest BCUT2D eigenvalue weighted by atomic mass is 16.5. The molecule has 1 N–H and O–H groups in total. The first kappa shape index (κ1) is 14.0. The highest BCUT2D eigenvalue weighted by Crippen LogP contribution is 2.11. The summed E-state index contributed by atoms with van der Waals surface area (Å²) < 4.78 is 4.95. The standard InChI is InChI=1S/C12H22N2O3/c1-9(2)7-10-12(16)14(5-4-6-17-3)8-11(15)13-10/h9-10H,4-8H2,1-3H3,(H,13,15). The molecule has 1 saturated heterocycles. The van der Waals surface area contributed by atoms with E-state index in [4.69, 9.17) is 4.74 Å². The van der Waals surface area contributed by atoms with Crippen LogP contribution >= 0.6 is 0 Å². The van der Waals surface area contributed by atoms with E-state index in [0.29, 0.717) is 25.5 Å². The normalized spacial score (nSPS) is 20.9. The fourth-order valence-corrected chi connectivity index (χ4v) is 1.99. The zero-order chi connectivity index (χ0) is 12.8. The minimum absolute atomic E-state index is 0.0365. The first-order valence-corrected chi connectivity index (χ1v) is 6.11. The summed E-state index contributed by atoms with van der Waals surface area (Å²) in [6.45, 7) is 5.47. The highest BCUT2D eigenvalue weighted by molar-refractivity contribution is 5.94. The Hall–Kier alpha value is -1.10. The Morgan fingerprint density at radius 1 is 1.47 bits per heavy atom. The van der Waals surface area contributed by atoms with Gasteiger partial charge in [0.1, 0.15) is 6.04 Å². The van der Waals surface area contributed by atoms with Gasteiger partial charge in [0.2, 0.25) is 11.8 Å². The van der Waals surface area contributed by atoms with E-state index in [9.17, 15) is 9.59 Å². The molecule has 0 saturated carbocycles. The van der Waals surface area contributed by atoms with Gasteiger partial charge in [0.25, 0.3) is 0 Å². The molecule has 1 heterocycles. The quantitative estimate of drug-likeness (QED) is 0.686. The average Bonchev–Trinajstić information content (AvgIpc) is 2.24. The summed E-state index contributed by atoms with van der Waals surface area (Å²) in [5.41, 5.74) is 0. The predicted octanol–water partition coefficient (Wildman–Crippen LogP) is 0.396. The lowest BCUT2D eigenvalue weighted by Gasteiger charge is -2.33. The third kappa shape index (κ3) is 4.34. The minimum Gasteiger partial charge on any atom is -0.385 e. The zero-order valence-corrected chi connectivity index (χ0v) is 10.9. The molecule has 1 unspecified atom stereocenters. The fourth-order valence-electron chi connectivity index (χ4n) is 1.99. The van der Waals surface area contributed by atoms with E-state index in [2.05, 4.69) is 5.32 Å². The van der Waals surface area contributed by atoms with Crippen molar-refractivity contribution in [3.05, 3.63) is 0 Å². The molecule has 0 aromatic carbocycles. The number of amides is 2. The molecule has 1 fully saturated rings. The number of hydrogen-bond acceptors (Lipinski definition) is 3. The minimum atomic E-state index is -0.348. The van der Waals surface area contributed by atoms with E-state index >= 15 is 0 Å². The molecule has 1 aliphatic heterocycles. The van der Waals surface area contributed by atoms with E-state index in [1.807, 2.05) is 13.8 Å². The van der Waals surface area contributed by atoms with Crippen LogP contribution < -0.4 is 5.32 Å². The molecule has 0 bridgehead atoms. The van der Waals surface area contributed by atoms with E-state index < -0.39 is 0 Å². The van der Waals surface area contributed by atoms with Crippen molar-refractivity contribution in [3.63, 3.8) is 0 Å². The molecule has 17 heavy (non-hydrogen) atoms. The van der Waals surface area contributed by atoms with Gasteiger partial charge in [-0.05, 0) is 18.8 Å². The van der Waals surface area contributed by atoms with Gasteiger partial charge in [-0.3, -0.25) is 9.59 Å². The van der Waals surface area contributed by atoms with Crippen molar-refractivity contribution in [2.45, 2.75) is 32.7 Å². The maximum Gasteiger partial charge on any atom is 0.245 e. The lowest BCUT2D eigenvalue weighted by atomic mass is 10.0. The molecule has 98 valence electrons. The zero-order valence-electron chi connectivity index (χ0n) is 10.9. The van der Waals surface area contributed by atoms with Crippen LogP contribution in [0.15, 0.2) is 0 Å². The second-order valence-corrected chi connectivity index (χ2v) is 4.86. The molecule has 1 rings (SSSR count). The van der Waals surface area contributed by atoms with Gasteiger partial charge in [0.05, 0.1) is 6.54 Å². The average molecular weight is 242 g/mol. The number of piperazine rings is 1. The molecular weight excluding hydrogens is 220 g/mol. The third-order valence-electron chi connectivity index (χ3n) is 2.76. The van der Waals surface area contributed by atoms with Crippen molar-refractivity contribution >= 4 is 11.8 Å². The molecule has 0 aromatic rings. The van der Waals surface area contributed by atoms with Crippen LogP contribution in [0.4, 0.5) is 0 Å². The molecule has 1 aliphatic rings. The summed E-state index contributed by atoms with van der Waals surface area (Å²) in [5, 5.41) is 2.76. The monoisotopic (exact) mass is 242 g/mol. The smallest absolute Gasteiger partial charge is 0.245 e. The van der Waals surface area contributed by atoms with Crippen LogP contribution in [-0.4, -0.2) is 49.6 Å². The number of ether oxygens (including phenoxy) is 1. The van der Waals surface area contributed by atoms with Crippen molar-refractivity contribution in [3.8, 4) is 0 Å². The lowest BCUT2D eigenvalue weighted by molar-refractivity contribution is -0.144. The highest BCUT2D eigenvalue weighted by Gasteiger charge is 2.32. The number of methoxy groups -OCH3 is 1.